The number of hydrogen-bond donors (Lipinski definition) is 18. The second-order valence-corrected chi connectivity index (χ2v) is 36.7. The summed E-state index contributed by atoms with van der Waals surface area (Å²) in [5, 5.41) is 107. The molecule has 0 aromatic carbocycles. The van der Waals surface area contributed by atoms with Crippen molar-refractivity contribution < 1.29 is 142 Å². The molecule has 133 heavy (non-hydrogen) atoms. The van der Waals surface area contributed by atoms with Crippen LogP contribution >= 0.6 is 12.6 Å². The molecular formula is C82H119N21O29S. The van der Waals surface area contributed by atoms with Gasteiger partial charge in [0.15, 0.2) is 0 Å². The van der Waals surface area contributed by atoms with Crippen molar-refractivity contribution in [3.63, 3.8) is 0 Å². The quantitative estimate of drug-likeness (QED) is 0.0297. The first kappa shape index (κ1) is 99.4. The number of rotatable bonds is 30. The van der Waals surface area contributed by atoms with Crippen LogP contribution in [0.25, 0.3) is 0 Å². The molecule has 13 fully saturated rings. The monoisotopic (exact) mass is 1890 g/mol. The van der Waals surface area contributed by atoms with Gasteiger partial charge in [-0.1, -0.05) is 0 Å². The van der Waals surface area contributed by atoms with Gasteiger partial charge >= 0.3 is 5.97 Å². The Bertz CT molecular complexity index is 4530. The molecule has 0 spiro atoms. The van der Waals surface area contributed by atoms with Gasteiger partial charge in [-0.2, -0.15) is 12.6 Å². The lowest BCUT2D eigenvalue weighted by Gasteiger charge is -2.32. The fourth-order valence-electron chi connectivity index (χ4n) is 20.9. The summed E-state index contributed by atoms with van der Waals surface area (Å²) < 4.78 is 0. The molecule has 732 valence electrons. The number of carboxylic acid groups (broad SMARTS) is 1. The van der Waals surface area contributed by atoms with Crippen molar-refractivity contribution in [2.75, 3.05) is 137 Å². The lowest BCUT2D eigenvalue weighted by atomic mass is 10.1. The zero-order chi connectivity index (χ0) is 95.8. The molecule has 17 N–H and O–H groups in total. The second-order valence-electron chi connectivity index (χ2n) is 36.4. The van der Waals surface area contributed by atoms with Crippen LogP contribution in [-0.2, 0) is 101 Å². The Morgan fingerprint density at radius 3 is 0.737 bits per heavy atom. The number of amides is 20. The van der Waals surface area contributed by atoms with Crippen molar-refractivity contribution in [1.29, 1.82) is 0 Å². The normalized spacial score (nSPS) is 30.4. The molecule has 21 atom stereocenters. The third-order valence-corrected chi connectivity index (χ3v) is 27.8. The molecule has 20 amide bonds. The van der Waals surface area contributed by atoms with Gasteiger partial charge in [0.25, 0.3) is 0 Å². The van der Waals surface area contributed by atoms with Crippen LogP contribution in [0.4, 0.5) is 0 Å². The topological polar surface area (TPSA) is 667 Å². The summed E-state index contributed by atoms with van der Waals surface area (Å²) in [6.07, 6.45) is -6.03. The SMILES string of the molecule is O=C(O)CNC(=O)[C@@H]1C[C@@H](O)CN1C(=O)[C@H](CS)NC(=O)CNC(=O)[C@@H]1C[C@@H](O)CN1C(=O)[C@@H]1CCCN1C(=O)CNC(=O)[C@@H]1C[C@@H](O)CN1C(=O)[C@@H]1CCCN1C(=O)CNC(=O)[C@@H]1C[C@@H](O)CN1C(=O)[C@@H]1CCCN1C(=O)CNC(=O)[C@@H]1C[C@@H](O)CN1C(=O)[C@@H]1CCCN1C(=O)CNC(=O)[C@@H]1C[C@@H](O)CN1C(=O)[C@@H]1CCCN1C(=O)CNC(=O)[C@@H]1C[C@@H](O)CN1C(=O)[C@@H]1CCCN1. The number of carbonyl (C=O) groups excluding carboxylic acids is 20. The molecule has 0 aromatic rings. The van der Waals surface area contributed by atoms with Crippen molar-refractivity contribution in [1.82, 2.24) is 107 Å². The Morgan fingerprint density at radius 1 is 0.278 bits per heavy atom. The van der Waals surface area contributed by atoms with E-state index in [1.807, 2.05) is 0 Å². The predicted octanol–water partition coefficient (Wildman–Crippen LogP) is -14.3. The van der Waals surface area contributed by atoms with E-state index in [0.717, 1.165) is 35.8 Å². The molecule has 13 aliphatic heterocycles. The number of carboxylic acids is 1. The summed E-state index contributed by atoms with van der Waals surface area (Å²) in [7, 11) is 0. The third-order valence-electron chi connectivity index (χ3n) is 27.4. The summed E-state index contributed by atoms with van der Waals surface area (Å²) >= 11 is 4.15. The molecule has 13 heterocycles. The number of nitrogens with zero attached hydrogens (tertiary/aromatic N) is 12. The van der Waals surface area contributed by atoms with Gasteiger partial charge < -0.3 is 148 Å². The molecule has 50 nitrogen and oxygen atoms in total. The third kappa shape index (κ3) is 22.6. The predicted molar refractivity (Wildman–Crippen MR) is 452 cm³/mol. The van der Waals surface area contributed by atoms with E-state index in [4.69, 9.17) is 5.11 Å². The minimum atomic E-state index is -1.38. The van der Waals surface area contributed by atoms with Crippen LogP contribution < -0.4 is 47.9 Å². The average Bonchev–Trinajstić information content (AvgIpc) is 1.64. The highest BCUT2D eigenvalue weighted by atomic mass is 32.1. The number of thiol groups is 1. The van der Waals surface area contributed by atoms with E-state index in [2.05, 4.69) is 60.5 Å². The molecule has 0 saturated carbocycles. The fourth-order valence-corrected chi connectivity index (χ4v) is 21.2. The molecule has 51 heteroatoms. The number of aliphatic carboxylic acids is 1. The van der Waals surface area contributed by atoms with E-state index in [1.165, 1.54) is 29.4 Å². The van der Waals surface area contributed by atoms with Gasteiger partial charge in [-0.15, -0.1) is 0 Å². The zero-order valence-corrected chi connectivity index (χ0v) is 74.3. The summed E-state index contributed by atoms with van der Waals surface area (Å²) in [5.74, 6) is -16.6. The first-order valence-electron chi connectivity index (χ1n) is 45.6. The number of carbonyl (C=O) groups is 21. The Balaban J connectivity index is 0.535. The molecule has 0 bridgehead atoms. The number of β-amino-alcohol motifs (C(OH)–C–C–N with tert-alkyl or cyclic N) is 7. The average molecular weight is 1900 g/mol. The Hall–Kier alpha value is -11.1. The summed E-state index contributed by atoms with van der Waals surface area (Å²) in [6.45, 7) is -5.88. The van der Waals surface area contributed by atoms with Crippen molar-refractivity contribution in [2.24, 2.45) is 0 Å². The molecule has 0 aliphatic carbocycles. The second kappa shape index (κ2) is 43.5. The molecule has 13 rings (SSSR count). The minimum Gasteiger partial charge on any atom is -0.480 e. The molecule has 13 saturated heterocycles. The van der Waals surface area contributed by atoms with Gasteiger partial charge in [-0.05, 0) is 83.6 Å². The largest absolute Gasteiger partial charge is 0.480 e. The lowest BCUT2D eigenvalue weighted by molar-refractivity contribution is -0.148. The minimum absolute atomic E-state index is 0.0246. The zero-order valence-electron chi connectivity index (χ0n) is 73.4. The molecule has 0 aromatic heterocycles. The highest BCUT2D eigenvalue weighted by Gasteiger charge is 2.54. The number of nitrogens with one attached hydrogen (secondary N) is 9. The maximum absolute atomic E-state index is 14.5. The van der Waals surface area contributed by atoms with E-state index in [0.29, 0.717) is 45.1 Å². The Morgan fingerprint density at radius 2 is 0.504 bits per heavy atom. The molecule has 0 radical (unpaired) electrons. The van der Waals surface area contributed by atoms with Crippen LogP contribution in [0.1, 0.15) is 122 Å². The van der Waals surface area contributed by atoms with E-state index < -0.39 is 291 Å². The fraction of sp³-hybridized carbons (Fsp3) is 0.744. The van der Waals surface area contributed by atoms with E-state index in [-0.39, 0.29) is 167 Å². The summed E-state index contributed by atoms with van der Waals surface area (Å²) in [5.41, 5.74) is 0. The van der Waals surface area contributed by atoms with Crippen molar-refractivity contribution in [3.8, 4) is 0 Å². The highest BCUT2D eigenvalue weighted by Crippen LogP contribution is 2.34. The Kier molecular flexibility index (Phi) is 32.5. The van der Waals surface area contributed by atoms with Gasteiger partial charge in [0, 0.05) is 129 Å². The van der Waals surface area contributed by atoms with E-state index in [9.17, 15) is 136 Å². The maximum Gasteiger partial charge on any atom is 0.322 e. The number of likely N-dealkylation sites (tertiary alicyclic amines) is 12. The van der Waals surface area contributed by atoms with Gasteiger partial charge in [-0.25, -0.2) is 0 Å². The first-order valence-corrected chi connectivity index (χ1v) is 46.2. The van der Waals surface area contributed by atoms with Gasteiger partial charge in [0.05, 0.1) is 88.0 Å². The first-order chi connectivity index (χ1) is 63.4. The van der Waals surface area contributed by atoms with Crippen LogP contribution in [0.2, 0.25) is 0 Å². The molecule has 0 unspecified atom stereocenters. The van der Waals surface area contributed by atoms with Crippen LogP contribution in [0.15, 0.2) is 0 Å². The van der Waals surface area contributed by atoms with Gasteiger partial charge in [0.2, 0.25) is 118 Å². The van der Waals surface area contributed by atoms with Crippen LogP contribution in [0.3, 0.4) is 0 Å². The van der Waals surface area contributed by atoms with E-state index in [1.54, 1.807) is 0 Å². The molecular weight excluding hydrogens is 1780 g/mol. The summed E-state index contributed by atoms with van der Waals surface area (Å²) in [4.78, 5) is 302. The highest BCUT2D eigenvalue weighted by molar-refractivity contribution is 7.80. The van der Waals surface area contributed by atoms with Gasteiger partial charge in [-0.3, -0.25) is 101 Å². The smallest absolute Gasteiger partial charge is 0.322 e. The number of hydrogen-bond acceptors (Lipinski definition) is 30. The van der Waals surface area contributed by atoms with Crippen molar-refractivity contribution in [3.05, 3.63) is 0 Å². The number of aliphatic hydroxyl groups is 7. The summed E-state index contributed by atoms with van der Waals surface area (Å²) in [6, 6.07) is -16.6. The van der Waals surface area contributed by atoms with Crippen molar-refractivity contribution >= 4 is 137 Å². The van der Waals surface area contributed by atoms with E-state index >= 15 is 0 Å². The van der Waals surface area contributed by atoms with Crippen molar-refractivity contribution in [2.45, 2.75) is 249 Å². The molecule has 13 aliphatic rings. The van der Waals surface area contributed by atoms with Crippen LogP contribution in [0.5, 0.6) is 0 Å². The standard InChI is InChI=1S/C82H119N21O29S/c104-41-19-55(97(33-41)76(126)48-7-1-13-83-48)70(120)85-27-63(112)93-15-3-9-51(93)79(129)100-36-44(107)22-58(100)72(122)87-29-65(114)95-17-5-11-53(95)81(131)102-38-46(109)24-60(102)74(124)89-31-67(116)96-18-6-12-54(96)82(132)103-39-47(110)25-61(103)73(123)88-30-66(115)94-16-4-10-52(94)80(130)101-37-45(108)23-59(101)71(121)86-28-64(113)92-14-2-8-50(92)78(128)99-35-43(106)21-57(99)69(119)84-26-62(111)91-49(40-133)77(127)98-34-42(105)20-56(98)75(125)90-32-68(117)118/h41-61,83,104-110,133H,1-40H2,(H,84,119)(H,85,120)(H,86,121)(H,87,122)(H,88,123)(H,89,124)(H,90,125)(H,91,111)(H,117,118)/t41-,42-,43-,44-,45-,46-,47-,48+,49+,50+,51+,52+,53+,54+,55+,56+,57+,58+,59+,60+,61+/m1/s1. The Labute approximate surface area is 767 Å². The van der Waals surface area contributed by atoms with Crippen LogP contribution in [0, 0.1) is 0 Å². The van der Waals surface area contributed by atoms with Crippen LogP contribution in [-0.4, -0.2) is 488 Å². The van der Waals surface area contributed by atoms with Gasteiger partial charge in [0.1, 0.15) is 85.1 Å². The maximum atomic E-state index is 14.5. The lowest BCUT2D eigenvalue weighted by Crippen LogP contribution is -2.57. The number of aliphatic hydroxyl groups excluding tert-OH is 7.